The van der Waals surface area contributed by atoms with Crippen LogP contribution in [0.15, 0.2) is 12.3 Å². The van der Waals surface area contributed by atoms with E-state index in [1.807, 2.05) is 6.92 Å². The number of aliphatic hydroxyl groups is 1. The van der Waals surface area contributed by atoms with Gasteiger partial charge in [0.05, 0.1) is 11.7 Å². The number of nitrogens with zero attached hydrogens (tertiary/aromatic N) is 2. The minimum absolute atomic E-state index is 0.219. The highest BCUT2D eigenvalue weighted by Gasteiger charge is 2.12. The van der Waals surface area contributed by atoms with Gasteiger partial charge in [0.2, 0.25) is 0 Å². The Kier molecular flexibility index (Phi) is 6.36. The van der Waals surface area contributed by atoms with Crippen molar-refractivity contribution in [1.82, 2.24) is 15.1 Å². The summed E-state index contributed by atoms with van der Waals surface area (Å²) in [7, 11) is 0. The van der Waals surface area contributed by atoms with E-state index in [-0.39, 0.29) is 12.5 Å². The maximum atomic E-state index is 9.08. The van der Waals surface area contributed by atoms with Crippen molar-refractivity contribution < 1.29 is 5.11 Å². The molecule has 0 bridgehead atoms. The Labute approximate surface area is 110 Å². The average molecular weight is 253 g/mol. The summed E-state index contributed by atoms with van der Waals surface area (Å²) < 4.78 is 2.07. The molecule has 0 aliphatic heterocycles. The zero-order chi connectivity index (χ0) is 13.5. The van der Waals surface area contributed by atoms with Crippen LogP contribution in [0.2, 0.25) is 0 Å². The van der Waals surface area contributed by atoms with Crippen molar-refractivity contribution in [3.63, 3.8) is 0 Å². The van der Waals surface area contributed by atoms with Gasteiger partial charge in [-0.1, -0.05) is 20.8 Å². The Hall–Kier alpha value is -0.870. The maximum Gasteiger partial charge on any atom is 0.0762 e. The van der Waals surface area contributed by atoms with Gasteiger partial charge in [-0.15, -0.1) is 0 Å². The molecule has 2 atom stereocenters. The summed E-state index contributed by atoms with van der Waals surface area (Å²) in [5.74, 6) is 0.270. The topological polar surface area (TPSA) is 50.1 Å². The number of nitrogens with one attached hydrogen (secondary N) is 1. The van der Waals surface area contributed by atoms with Gasteiger partial charge in [0.25, 0.3) is 0 Å². The second-order valence-electron chi connectivity index (χ2n) is 5.09. The van der Waals surface area contributed by atoms with Crippen LogP contribution in [-0.2, 0) is 6.54 Å². The van der Waals surface area contributed by atoms with Crippen LogP contribution in [0.3, 0.4) is 0 Å². The number of hydrogen-bond acceptors (Lipinski definition) is 3. The largest absolute Gasteiger partial charge is 0.396 e. The zero-order valence-electron chi connectivity index (χ0n) is 12.1. The Morgan fingerprint density at radius 3 is 2.56 bits per heavy atom. The van der Waals surface area contributed by atoms with Crippen LogP contribution >= 0.6 is 0 Å². The smallest absolute Gasteiger partial charge is 0.0762 e. The molecular formula is C14H27N3O. The van der Waals surface area contributed by atoms with Crippen LogP contribution in [0, 0.1) is 5.92 Å². The van der Waals surface area contributed by atoms with E-state index in [9.17, 15) is 0 Å². The van der Waals surface area contributed by atoms with Crippen molar-refractivity contribution in [1.29, 1.82) is 0 Å². The molecule has 0 amide bonds. The van der Waals surface area contributed by atoms with Gasteiger partial charge in [-0.25, -0.2) is 0 Å². The van der Waals surface area contributed by atoms with Crippen LogP contribution in [0.1, 0.15) is 52.3 Å². The van der Waals surface area contributed by atoms with Crippen molar-refractivity contribution >= 4 is 0 Å². The molecule has 0 radical (unpaired) electrons. The molecule has 2 N–H and O–H groups in total. The highest BCUT2D eigenvalue weighted by Crippen LogP contribution is 2.14. The van der Waals surface area contributed by atoms with E-state index < -0.39 is 0 Å². The molecule has 1 heterocycles. The molecule has 0 aromatic carbocycles. The van der Waals surface area contributed by atoms with Gasteiger partial charge in [0.15, 0.2) is 0 Å². The van der Waals surface area contributed by atoms with E-state index in [2.05, 4.69) is 48.1 Å². The summed E-state index contributed by atoms with van der Waals surface area (Å²) in [6.45, 7) is 9.51. The Morgan fingerprint density at radius 2 is 2.00 bits per heavy atom. The van der Waals surface area contributed by atoms with Gasteiger partial charge in [0.1, 0.15) is 0 Å². The zero-order valence-corrected chi connectivity index (χ0v) is 12.1. The first-order chi connectivity index (χ1) is 8.62. The fourth-order valence-electron chi connectivity index (χ4n) is 1.96. The van der Waals surface area contributed by atoms with Crippen molar-refractivity contribution in [3.8, 4) is 0 Å². The molecule has 0 saturated carbocycles. The second-order valence-corrected chi connectivity index (χ2v) is 5.09. The molecule has 2 unspecified atom stereocenters. The lowest BCUT2D eigenvalue weighted by molar-refractivity contribution is 0.206. The molecule has 4 nitrogen and oxygen atoms in total. The average Bonchev–Trinajstić information content (AvgIpc) is 2.85. The normalized spacial score (nSPS) is 15.0. The summed E-state index contributed by atoms with van der Waals surface area (Å²) in [6.07, 6.45) is 4.29. The van der Waals surface area contributed by atoms with E-state index >= 15 is 0 Å². The van der Waals surface area contributed by atoms with Gasteiger partial charge >= 0.3 is 0 Å². The highest BCUT2D eigenvalue weighted by atomic mass is 16.3. The molecular weight excluding hydrogens is 226 g/mol. The first-order valence-corrected chi connectivity index (χ1v) is 7.00. The van der Waals surface area contributed by atoms with E-state index in [0.717, 1.165) is 25.1 Å². The maximum absolute atomic E-state index is 9.08. The van der Waals surface area contributed by atoms with Gasteiger partial charge in [-0.3, -0.25) is 4.68 Å². The lowest BCUT2D eigenvalue weighted by Crippen LogP contribution is -2.33. The van der Waals surface area contributed by atoms with Crippen molar-refractivity contribution in [2.45, 2.75) is 59.2 Å². The van der Waals surface area contributed by atoms with Crippen LogP contribution in [0.25, 0.3) is 0 Å². The lowest BCUT2D eigenvalue weighted by atomic mass is 10.1. The molecule has 18 heavy (non-hydrogen) atoms. The standard InChI is InChI=1S/C14H27N3O/c1-5-14(6-2)17-8-7-13(16-17)9-15-12(4)11(3)10-18/h7-8,11-12,14-15,18H,5-6,9-10H2,1-4H3. The third kappa shape index (κ3) is 4.10. The van der Waals surface area contributed by atoms with Crippen molar-refractivity contribution in [3.05, 3.63) is 18.0 Å². The fraction of sp³-hybridized carbons (Fsp3) is 0.786. The molecule has 1 aromatic rings. The predicted molar refractivity (Wildman–Crippen MR) is 74.4 cm³/mol. The Bertz CT molecular complexity index is 334. The van der Waals surface area contributed by atoms with Gasteiger partial charge in [-0.2, -0.15) is 5.10 Å². The summed E-state index contributed by atoms with van der Waals surface area (Å²) in [5.41, 5.74) is 1.07. The van der Waals surface area contributed by atoms with E-state index in [0.29, 0.717) is 12.1 Å². The molecule has 0 spiro atoms. The van der Waals surface area contributed by atoms with E-state index in [1.54, 1.807) is 0 Å². The van der Waals surface area contributed by atoms with Gasteiger partial charge in [0, 0.05) is 25.4 Å². The summed E-state index contributed by atoms with van der Waals surface area (Å²) in [6, 6.07) is 2.88. The molecule has 0 saturated heterocycles. The minimum Gasteiger partial charge on any atom is -0.396 e. The second kappa shape index (κ2) is 7.54. The minimum atomic E-state index is 0.219. The SMILES string of the molecule is CCC(CC)n1ccc(CNC(C)C(C)CO)n1. The van der Waals surface area contributed by atoms with Crippen molar-refractivity contribution in [2.24, 2.45) is 5.92 Å². The highest BCUT2D eigenvalue weighted by molar-refractivity contribution is 4.99. The third-order valence-corrected chi connectivity index (χ3v) is 3.73. The first kappa shape index (κ1) is 15.2. The summed E-state index contributed by atoms with van der Waals surface area (Å²) in [4.78, 5) is 0. The van der Waals surface area contributed by atoms with Crippen molar-refractivity contribution in [2.75, 3.05) is 6.61 Å². The van der Waals surface area contributed by atoms with Gasteiger partial charge < -0.3 is 10.4 Å². The monoisotopic (exact) mass is 253 g/mol. The molecule has 4 heteroatoms. The quantitative estimate of drug-likeness (QED) is 0.747. The predicted octanol–water partition coefficient (Wildman–Crippen LogP) is 2.35. The summed E-state index contributed by atoms with van der Waals surface area (Å²) in [5, 5.41) is 17.1. The van der Waals surface area contributed by atoms with E-state index in [1.165, 1.54) is 0 Å². The Morgan fingerprint density at radius 1 is 1.33 bits per heavy atom. The third-order valence-electron chi connectivity index (χ3n) is 3.73. The van der Waals surface area contributed by atoms with Crippen LogP contribution in [-0.4, -0.2) is 27.5 Å². The number of hydrogen-bond donors (Lipinski definition) is 2. The lowest BCUT2D eigenvalue weighted by Gasteiger charge is -2.18. The fourth-order valence-corrected chi connectivity index (χ4v) is 1.96. The van der Waals surface area contributed by atoms with E-state index in [4.69, 9.17) is 5.11 Å². The van der Waals surface area contributed by atoms with Gasteiger partial charge in [-0.05, 0) is 31.7 Å². The molecule has 0 fully saturated rings. The first-order valence-electron chi connectivity index (χ1n) is 7.00. The molecule has 1 aromatic heterocycles. The molecule has 0 aliphatic carbocycles. The summed E-state index contributed by atoms with van der Waals surface area (Å²) >= 11 is 0. The number of aromatic nitrogens is 2. The number of aliphatic hydroxyl groups excluding tert-OH is 1. The number of rotatable bonds is 8. The van der Waals surface area contributed by atoms with Crippen LogP contribution < -0.4 is 5.32 Å². The molecule has 104 valence electrons. The van der Waals surface area contributed by atoms with Crippen LogP contribution in [0.5, 0.6) is 0 Å². The Balaban J connectivity index is 2.49. The molecule has 0 aliphatic rings. The molecule has 1 rings (SSSR count). The van der Waals surface area contributed by atoms with Crippen LogP contribution in [0.4, 0.5) is 0 Å².